The van der Waals surface area contributed by atoms with Crippen LogP contribution in [0.1, 0.15) is 19.8 Å². The van der Waals surface area contributed by atoms with E-state index in [1.807, 2.05) is 23.6 Å². The van der Waals surface area contributed by atoms with E-state index in [9.17, 15) is 9.90 Å². The van der Waals surface area contributed by atoms with E-state index in [2.05, 4.69) is 5.32 Å². The molecule has 17 heavy (non-hydrogen) atoms. The summed E-state index contributed by atoms with van der Waals surface area (Å²) in [6.07, 6.45) is 1.63. The lowest BCUT2D eigenvalue weighted by Gasteiger charge is -2.36. The van der Waals surface area contributed by atoms with E-state index >= 15 is 0 Å². The monoisotopic (exact) mass is 258 g/mol. The third kappa shape index (κ3) is 3.36. The molecule has 2 fully saturated rings. The van der Waals surface area contributed by atoms with Crippen molar-refractivity contribution in [2.45, 2.75) is 31.9 Å². The molecule has 5 heteroatoms. The zero-order chi connectivity index (χ0) is 12.3. The number of carbonyl (C=O) groups excluding carboxylic acids is 1. The van der Waals surface area contributed by atoms with Gasteiger partial charge in [0.05, 0.1) is 12.1 Å². The number of thioether (sulfide) groups is 1. The lowest BCUT2D eigenvalue weighted by atomic mass is 9.92. The van der Waals surface area contributed by atoms with E-state index in [1.165, 1.54) is 0 Å². The highest BCUT2D eigenvalue weighted by Crippen LogP contribution is 2.21. The molecule has 1 amide bonds. The maximum absolute atomic E-state index is 12.2. The van der Waals surface area contributed by atoms with Crippen molar-refractivity contribution in [2.24, 2.45) is 5.92 Å². The van der Waals surface area contributed by atoms with Crippen LogP contribution in [0.25, 0.3) is 0 Å². The van der Waals surface area contributed by atoms with Crippen molar-refractivity contribution in [3.05, 3.63) is 0 Å². The molecule has 2 aliphatic heterocycles. The second-order valence-electron chi connectivity index (χ2n) is 4.98. The van der Waals surface area contributed by atoms with Crippen molar-refractivity contribution in [3.8, 4) is 0 Å². The van der Waals surface area contributed by atoms with Crippen LogP contribution in [-0.2, 0) is 4.79 Å². The summed E-state index contributed by atoms with van der Waals surface area (Å²) in [4.78, 5) is 14.2. The van der Waals surface area contributed by atoms with Crippen molar-refractivity contribution in [3.63, 3.8) is 0 Å². The second kappa shape index (κ2) is 6.07. The second-order valence-corrected chi connectivity index (χ2v) is 6.13. The first-order valence-electron chi connectivity index (χ1n) is 6.46. The molecule has 98 valence electrons. The summed E-state index contributed by atoms with van der Waals surface area (Å²) in [6, 6.07) is 0.0110. The zero-order valence-electron chi connectivity index (χ0n) is 10.4. The number of nitrogens with one attached hydrogen (secondary N) is 1. The van der Waals surface area contributed by atoms with Gasteiger partial charge in [0.1, 0.15) is 0 Å². The third-order valence-corrected chi connectivity index (χ3v) is 4.82. The lowest BCUT2D eigenvalue weighted by molar-refractivity contribution is -0.134. The fraction of sp³-hybridized carbons (Fsp3) is 0.917. The summed E-state index contributed by atoms with van der Waals surface area (Å²) >= 11 is 1.85. The SMILES string of the molecule is CC(O)C1CCN(C(=O)C2CSCCN2)CC1. The molecule has 0 aromatic rings. The molecule has 2 N–H and O–H groups in total. The van der Waals surface area contributed by atoms with Crippen molar-refractivity contribution in [2.75, 3.05) is 31.1 Å². The molecule has 2 atom stereocenters. The van der Waals surface area contributed by atoms with E-state index in [1.54, 1.807) is 0 Å². The minimum atomic E-state index is -0.240. The highest BCUT2D eigenvalue weighted by Gasteiger charge is 2.30. The van der Waals surface area contributed by atoms with Crippen LogP contribution in [-0.4, -0.2) is 59.2 Å². The van der Waals surface area contributed by atoms with Crippen LogP contribution in [0.4, 0.5) is 0 Å². The van der Waals surface area contributed by atoms with Gasteiger partial charge in [0.15, 0.2) is 0 Å². The first-order chi connectivity index (χ1) is 8.18. The number of nitrogens with zero attached hydrogens (tertiary/aromatic N) is 1. The average molecular weight is 258 g/mol. The molecule has 0 aromatic heterocycles. The zero-order valence-corrected chi connectivity index (χ0v) is 11.2. The van der Waals surface area contributed by atoms with Crippen LogP contribution in [0.5, 0.6) is 0 Å². The summed E-state index contributed by atoms with van der Waals surface area (Å²) in [5.41, 5.74) is 0. The number of carbonyl (C=O) groups is 1. The highest BCUT2D eigenvalue weighted by molar-refractivity contribution is 7.99. The number of amides is 1. The lowest BCUT2D eigenvalue weighted by Crippen LogP contribution is -2.52. The Hall–Kier alpha value is -0.260. The maximum Gasteiger partial charge on any atom is 0.240 e. The molecule has 0 aliphatic carbocycles. The van der Waals surface area contributed by atoms with Crippen LogP contribution < -0.4 is 5.32 Å². The smallest absolute Gasteiger partial charge is 0.240 e. The fourth-order valence-corrected chi connectivity index (χ4v) is 3.47. The summed E-state index contributed by atoms with van der Waals surface area (Å²) < 4.78 is 0. The van der Waals surface area contributed by atoms with Gasteiger partial charge in [-0.25, -0.2) is 0 Å². The third-order valence-electron chi connectivity index (χ3n) is 3.75. The molecule has 2 saturated heterocycles. The Kier molecular flexibility index (Phi) is 4.70. The van der Waals surface area contributed by atoms with Gasteiger partial charge in [-0.05, 0) is 25.7 Å². The fourth-order valence-electron chi connectivity index (χ4n) is 2.55. The largest absolute Gasteiger partial charge is 0.393 e. The molecular weight excluding hydrogens is 236 g/mol. The Balaban J connectivity index is 1.81. The van der Waals surface area contributed by atoms with Crippen LogP contribution in [0.15, 0.2) is 0 Å². The number of likely N-dealkylation sites (tertiary alicyclic amines) is 1. The number of piperidine rings is 1. The van der Waals surface area contributed by atoms with Gasteiger partial charge >= 0.3 is 0 Å². The molecule has 0 spiro atoms. The van der Waals surface area contributed by atoms with Gasteiger partial charge in [0.2, 0.25) is 5.91 Å². The van der Waals surface area contributed by atoms with E-state index in [-0.39, 0.29) is 18.1 Å². The number of rotatable bonds is 2. The standard InChI is InChI=1S/C12H22N2O2S/c1-9(15)10-2-5-14(6-3-10)12(16)11-8-17-7-4-13-11/h9-11,13,15H,2-8H2,1H3. The molecular formula is C12H22N2O2S. The Labute approximate surface area is 107 Å². The van der Waals surface area contributed by atoms with Gasteiger partial charge in [-0.2, -0.15) is 11.8 Å². The maximum atomic E-state index is 12.2. The molecule has 2 aliphatic rings. The Bertz CT molecular complexity index is 259. The molecule has 4 nitrogen and oxygen atoms in total. The number of aliphatic hydroxyl groups is 1. The summed E-state index contributed by atoms with van der Waals surface area (Å²) in [5, 5.41) is 12.8. The summed E-state index contributed by atoms with van der Waals surface area (Å²) in [5.74, 6) is 2.62. The molecule has 2 rings (SSSR count). The van der Waals surface area contributed by atoms with Crippen molar-refractivity contribution in [1.29, 1.82) is 0 Å². The van der Waals surface area contributed by atoms with Gasteiger partial charge in [-0.3, -0.25) is 4.79 Å². The van der Waals surface area contributed by atoms with Gasteiger partial charge in [0, 0.05) is 31.1 Å². The van der Waals surface area contributed by atoms with Crippen molar-refractivity contribution < 1.29 is 9.90 Å². The molecule has 0 radical (unpaired) electrons. The van der Waals surface area contributed by atoms with Crippen LogP contribution >= 0.6 is 11.8 Å². The molecule has 2 unspecified atom stereocenters. The van der Waals surface area contributed by atoms with E-state index < -0.39 is 0 Å². The Morgan fingerprint density at radius 2 is 2.18 bits per heavy atom. The molecule has 0 bridgehead atoms. The van der Waals surface area contributed by atoms with Crippen LogP contribution in [0.2, 0.25) is 0 Å². The molecule has 0 saturated carbocycles. The van der Waals surface area contributed by atoms with E-state index in [0.29, 0.717) is 5.92 Å². The Morgan fingerprint density at radius 3 is 2.71 bits per heavy atom. The van der Waals surface area contributed by atoms with Crippen LogP contribution in [0, 0.1) is 5.92 Å². The predicted octanol–water partition coefficient (Wildman–Crippen LogP) is 0.311. The predicted molar refractivity (Wildman–Crippen MR) is 70.1 cm³/mol. The Morgan fingerprint density at radius 1 is 1.47 bits per heavy atom. The summed E-state index contributed by atoms with van der Waals surface area (Å²) in [7, 11) is 0. The van der Waals surface area contributed by atoms with Gasteiger partial charge in [-0.1, -0.05) is 0 Å². The van der Waals surface area contributed by atoms with Gasteiger partial charge in [0.25, 0.3) is 0 Å². The van der Waals surface area contributed by atoms with E-state index in [0.717, 1.165) is 44.0 Å². The number of aliphatic hydroxyl groups excluding tert-OH is 1. The quantitative estimate of drug-likeness (QED) is 0.748. The van der Waals surface area contributed by atoms with Crippen molar-refractivity contribution in [1.82, 2.24) is 10.2 Å². The minimum Gasteiger partial charge on any atom is -0.393 e. The molecule has 2 heterocycles. The normalized spacial score (nSPS) is 29.1. The minimum absolute atomic E-state index is 0.0110. The van der Waals surface area contributed by atoms with Gasteiger partial charge in [-0.15, -0.1) is 0 Å². The number of hydrogen-bond donors (Lipinski definition) is 2. The first kappa shape index (κ1) is 13.2. The number of hydrogen-bond acceptors (Lipinski definition) is 4. The topological polar surface area (TPSA) is 52.6 Å². The molecule has 0 aromatic carbocycles. The van der Waals surface area contributed by atoms with Crippen LogP contribution in [0.3, 0.4) is 0 Å². The van der Waals surface area contributed by atoms with E-state index in [4.69, 9.17) is 0 Å². The van der Waals surface area contributed by atoms with Gasteiger partial charge < -0.3 is 15.3 Å². The first-order valence-corrected chi connectivity index (χ1v) is 7.62. The highest BCUT2D eigenvalue weighted by atomic mass is 32.2. The average Bonchev–Trinajstić information content (AvgIpc) is 2.39. The summed E-state index contributed by atoms with van der Waals surface area (Å²) in [6.45, 7) is 4.39. The van der Waals surface area contributed by atoms with Crippen molar-refractivity contribution >= 4 is 17.7 Å².